The molecule has 3 aromatic rings. The van der Waals surface area contributed by atoms with E-state index in [1.54, 1.807) is 42.5 Å². The zero-order chi connectivity index (χ0) is 21.3. The van der Waals surface area contributed by atoms with Crippen molar-refractivity contribution in [3.8, 4) is 0 Å². The lowest BCUT2D eigenvalue weighted by molar-refractivity contribution is -0.119. The number of nitrogens with zero attached hydrogens (tertiary/aromatic N) is 1. The van der Waals surface area contributed by atoms with Crippen molar-refractivity contribution >= 4 is 35.0 Å². The summed E-state index contributed by atoms with van der Waals surface area (Å²) in [5, 5.41) is 3.42. The number of hydrogen-bond donors (Lipinski definition) is 1. The number of fused-ring (bicyclic) bond motifs is 1. The van der Waals surface area contributed by atoms with Crippen LogP contribution in [0.4, 0.5) is 5.69 Å². The minimum absolute atomic E-state index is 0.213. The summed E-state index contributed by atoms with van der Waals surface area (Å²) < 4.78 is 0. The van der Waals surface area contributed by atoms with Gasteiger partial charge in [-0.05, 0) is 48.4 Å². The van der Waals surface area contributed by atoms with E-state index < -0.39 is 23.8 Å². The predicted molar refractivity (Wildman–Crippen MR) is 116 cm³/mol. The van der Waals surface area contributed by atoms with E-state index in [0.717, 1.165) is 16.0 Å². The molecule has 150 valence electrons. The monoisotopic (exact) mass is 418 g/mol. The number of rotatable bonds is 5. The molecule has 3 aromatic carbocycles. The number of carbonyl (C=O) groups is 3. The van der Waals surface area contributed by atoms with Crippen LogP contribution in [0, 0.1) is 6.92 Å². The molecule has 3 amide bonds. The highest BCUT2D eigenvalue weighted by atomic mass is 35.5. The van der Waals surface area contributed by atoms with Crippen LogP contribution in [0.5, 0.6) is 0 Å². The smallest absolute Gasteiger partial charge is 0.262 e. The number of imide groups is 1. The van der Waals surface area contributed by atoms with Crippen molar-refractivity contribution in [3.05, 3.63) is 100 Å². The van der Waals surface area contributed by atoms with Crippen LogP contribution >= 0.6 is 11.6 Å². The van der Waals surface area contributed by atoms with Gasteiger partial charge in [-0.2, -0.15) is 0 Å². The molecular formula is C24H19ClN2O3. The zero-order valence-electron chi connectivity index (χ0n) is 16.3. The molecule has 6 heteroatoms. The molecule has 0 spiro atoms. The largest absolute Gasteiger partial charge is 0.324 e. The van der Waals surface area contributed by atoms with E-state index in [1.165, 1.54) is 0 Å². The Balaban J connectivity index is 1.69. The zero-order valence-corrected chi connectivity index (χ0v) is 17.0. The third-order valence-electron chi connectivity index (χ3n) is 5.16. The van der Waals surface area contributed by atoms with Crippen LogP contribution in [0.25, 0.3) is 0 Å². The van der Waals surface area contributed by atoms with Crippen molar-refractivity contribution < 1.29 is 14.4 Å². The van der Waals surface area contributed by atoms with Crippen LogP contribution in [0.1, 0.15) is 31.8 Å². The molecule has 0 radical (unpaired) electrons. The van der Waals surface area contributed by atoms with Crippen LogP contribution < -0.4 is 5.32 Å². The minimum atomic E-state index is -0.991. The second kappa shape index (κ2) is 8.13. The van der Waals surface area contributed by atoms with E-state index in [-0.39, 0.29) is 6.42 Å². The first kappa shape index (κ1) is 19.9. The van der Waals surface area contributed by atoms with E-state index in [9.17, 15) is 14.4 Å². The molecule has 30 heavy (non-hydrogen) atoms. The predicted octanol–water partition coefficient (Wildman–Crippen LogP) is 4.49. The summed E-state index contributed by atoms with van der Waals surface area (Å²) in [7, 11) is 0. The third kappa shape index (κ3) is 3.72. The summed E-state index contributed by atoms with van der Waals surface area (Å²) >= 11 is 6.01. The number of hydrogen-bond acceptors (Lipinski definition) is 3. The molecule has 5 nitrogen and oxygen atoms in total. The molecule has 0 bridgehead atoms. The first-order chi connectivity index (χ1) is 14.5. The fourth-order valence-corrected chi connectivity index (χ4v) is 3.84. The van der Waals surface area contributed by atoms with E-state index in [0.29, 0.717) is 21.8 Å². The van der Waals surface area contributed by atoms with Gasteiger partial charge in [-0.25, -0.2) is 0 Å². The van der Waals surface area contributed by atoms with Gasteiger partial charge < -0.3 is 5.32 Å². The molecule has 1 heterocycles. The molecule has 0 saturated carbocycles. The van der Waals surface area contributed by atoms with Crippen LogP contribution in [-0.2, 0) is 11.2 Å². The first-order valence-corrected chi connectivity index (χ1v) is 9.91. The molecule has 1 N–H and O–H groups in total. The lowest BCUT2D eigenvalue weighted by Crippen LogP contribution is -2.48. The molecule has 4 rings (SSSR count). The summed E-state index contributed by atoms with van der Waals surface area (Å²) in [4.78, 5) is 40.4. The maximum atomic E-state index is 13.3. The minimum Gasteiger partial charge on any atom is -0.324 e. The van der Waals surface area contributed by atoms with Crippen molar-refractivity contribution in [1.29, 1.82) is 0 Å². The maximum Gasteiger partial charge on any atom is 0.262 e. The average molecular weight is 419 g/mol. The molecule has 0 aliphatic carbocycles. The van der Waals surface area contributed by atoms with Gasteiger partial charge in [0.2, 0.25) is 5.91 Å². The molecule has 0 unspecified atom stereocenters. The fourth-order valence-electron chi connectivity index (χ4n) is 3.61. The Morgan fingerprint density at radius 2 is 1.53 bits per heavy atom. The Hall–Kier alpha value is -3.44. The highest BCUT2D eigenvalue weighted by molar-refractivity contribution is 6.30. The lowest BCUT2D eigenvalue weighted by atomic mass is 10.0. The second-order valence-electron chi connectivity index (χ2n) is 7.18. The van der Waals surface area contributed by atoms with Gasteiger partial charge in [0, 0.05) is 17.1 Å². The number of amides is 3. The number of benzene rings is 3. The van der Waals surface area contributed by atoms with Gasteiger partial charge in [0.25, 0.3) is 11.8 Å². The van der Waals surface area contributed by atoms with Crippen molar-refractivity contribution in [3.63, 3.8) is 0 Å². The highest BCUT2D eigenvalue weighted by Crippen LogP contribution is 2.27. The van der Waals surface area contributed by atoms with Gasteiger partial charge in [0.1, 0.15) is 6.04 Å². The van der Waals surface area contributed by atoms with Crippen molar-refractivity contribution in [2.24, 2.45) is 0 Å². The summed E-state index contributed by atoms with van der Waals surface area (Å²) in [6.07, 6.45) is 0.213. The van der Waals surface area contributed by atoms with Gasteiger partial charge in [0.15, 0.2) is 0 Å². The van der Waals surface area contributed by atoms with Gasteiger partial charge in [-0.15, -0.1) is 0 Å². The summed E-state index contributed by atoms with van der Waals surface area (Å²) in [5.74, 6) is -1.35. The molecule has 1 atom stereocenters. The molecule has 1 aliphatic rings. The number of nitrogens with one attached hydrogen (secondary N) is 1. The average Bonchev–Trinajstić information content (AvgIpc) is 3.00. The van der Waals surface area contributed by atoms with Gasteiger partial charge >= 0.3 is 0 Å². The molecular weight excluding hydrogens is 400 g/mol. The van der Waals surface area contributed by atoms with Gasteiger partial charge in [-0.1, -0.05) is 54.1 Å². The van der Waals surface area contributed by atoms with E-state index >= 15 is 0 Å². The SMILES string of the molecule is Cc1cc(Cl)ccc1NC(=O)[C@H](Cc1ccccc1)N1C(=O)c2ccccc2C1=O. The van der Waals surface area contributed by atoms with Crippen molar-refractivity contribution in [2.45, 2.75) is 19.4 Å². The molecule has 0 fully saturated rings. The number of halogens is 1. The standard InChI is InChI=1S/C24H19ClN2O3/c1-15-13-17(25)11-12-20(15)26-22(28)21(14-16-7-3-2-4-8-16)27-23(29)18-9-5-6-10-19(18)24(27)30/h2-13,21H,14H2,1H3,(H,26,28)/t21-/m0/s1. The third-order valence-corrected chi connectivity index (χ3v) is 5.39. The van der Waals surface area contributed by atoms with Gasteiger partial charge in [0.05, 0.1) is 11.1 Å². The number of carbonyl (C=O) groups excluding carboxylic acids is 3. The Morgan fingerprint density at radius 1 is 0.933 bits per heavy atom. The lowest BCUT2D eigenvalue weighted by Gasteiger charge is -2.26. The molecule has 0 aromatic heterocycles. The molecule has 1 aliphatic heterocycles. The summed E-state index contributed by atoms with van der Waals surface area (Å²) in [6.45, 7) is 1.83. The number of anilines is 1. The maximum absolute atomic E-state index is 13.3. The quantitative estimate of drug-likeness (QED) is 0.620. The number of aryl methyl sites for hydroxylation is 1. The molecule has 0 saturated heterocycles. The van der Waals surface area contributed by atoms with Crippen LogP contribution in [0.3, 0.4) is 0 Å². The summed E-state index contributed by atoms with van der Waals surface area (Å²) in [6, 6.07) is 20.1. The fraction of sp³-hybridized carbons (Fsp3) is 0.125. The van der Waals surface area contributed by atoms with Crippen LogP contribution in [0.15, 0.2) is 72.8 Å². The Labute approximate surface area is 179 Å². The van der Waals surface area contributed by atoms with Crippen molar-refractivity contribution in [1.82, 2.24) is 4.90 Å². The Kier molecular flexibility index (Phi) is 5.38. The van der Waals surface area contributed by atoms with Crippen molar-refractivity contribution in [2.75, 3.05) is 5.32 Å². The van der Waals surface area contributed by atoms with E-state index in [2.05, 4.69) is 5.32 Å². The summed E-state index contributed by atoms with van der Waals surface area (Å²) in [5.41, 5.74) is 2.85. The van der Waals surface area contributed by atoms with E-state index in [1.807, 2.05) is 37.3 Å². The first-order valence-electron chi connectivity index (χ1n) is 9.53. The van der Waals surface area contributed by atoms with Gasteiger partial charge in [-0.3, -0.25) is 19.3 Å². The second-order valence-corrected chi connectivity index (χ2v) is 7.62. The van der Waals surface area contributed by atoms with Crippen LogP contribution in [-0.4, -0.2) is 28.7 Å². The van der Waals surface area contributed by atoms with E-state index in [4.69, 9.17) is 11.6 Å². The Morgan fingerprint density at radius 3 is 2.13 bits per heavy atom. The normalized spacial score (nSPS) is 13.9. The topological polar surface area (TPSA) is 66.5 Å². The highest BCUT2D eigenvalue weighted by Gasteiger charge is 2.42. The Bertz CT molecular complexity index is 1110. The van der Waals surface area contributed by atoms with Crippen LogP contribution in [0.2, 0.25) is 5.02 Å².